The minimum absolute atomic E-state index is 0.165. The number of hydrazone groups is 1. The summed E-state index contributed by atoms with van der Waals surface area (Å²) in [5.41, 5.74) is 4.69. The van der Waals surface area contributed by atoms with E-state index in [1.54, 1.807) is 6.07 Å². The fraction of sp³-hybridized carbons (Fsp3) is 0.175. The molecule has 0 aliphatic heterocycles. The number of nitrogens with zero attached hydrogens (tertiary/aromatic N) is 2. The van der Waals surface area contributed by atoms with Gasteiger partial charge in [-0.15, -0.1) is 0 Å². The molecule has 54 heavy (non-hydrogen) atoms. The maximum absolute atomic E-state index is 12.9. The van der Waals surface area contributed by atoms with Gasteiger partial charge in [0.05, 0.1) is 18.9 Å². The van der Waals surface area contributed by atoms with E-state index in [0.717, 1.165) is 11.7 Å². The van der Waals surface area contributed by atoms with Crippen LogP contribution in [0.1, 0.15) is 51.1 Å². The van der Waals surface area contributed by atoms with Gasteiger partial charge in [0.1, 0.15) is 16.8 Å². The maximum atomic E-state index is 12.9. The van der Waals surface area contributed by atoms with E-state index in [2.05, 4.69) is 74.7 Å². The van der Waals surface area contributed by atoms with Gasteiger partial charge in [-0.1, -0.05) is 91.0 Å². The summed E-state index contributed by atoms with van der Waals surface area (Å²) in [7, 11) is -3.79. The molecule has 0 aliphatic carbocycles. The number of pyridine rings is 1. The second-order valence-electron chi connectivity index (χ2n) is 12.1. The van der Waals surface area contributed by atoms with E-state index in [1.807, 2.05) is 36.4 Å². The van der Waals surface area contributed by atoms with Crippen LogP contribution in [0.4, 0.5) is 5.82 Å². The van der Waals surface area contributed by atoms with Crippen LogP contribution < -0.4 is 26.7 Å². The molecular formula is C40H40N5O7PS. The molecular weight excluding hydrogens is 726 g/mol. The zero-order valence-electron chi connectivity index (χ0n) is 29.5. The number of carbonyl (C=O) groups excluding carboxylic acids is 3. The summed E-state index contributed by atoms with van der Waals surface area (Å²) >= 11 is 0. The van der Waals surface area contributed by atoms with E-state index in [1.165, 1.54) is 60.5 Å². The van der Waals surface area contributed by atoms with Crippen LogP contribution in [-0.4, -0.2) is 61.6 Å². The number of hydrogen-bond acceptors (Lipinski definition) is 9. The summed E-state index contributed by atoms with van der Waals surface area (Å²) in [5.74, 6) is -1.06. The Kier molecular flexibility index (Phi) is 14.1. The predicted molar refractivity (Wildman–Crippen MR) is 210 cm³/mol. The summed E-state index contributed by atoms with van der Waals surface area (Å²) < 4.78 is 37.4. The number of carbonyl (C=O) groups is 3. The number of unbranched alkanes of at least 4 members (excludes halogenated alkanes) is 1. The number of esters is 1. The molecule has 0 saturated heterocycles. The number of aromatic nitrogens is 1. The van der Waals surface area contributed by atoms with Gasteiger partial charge in [0.15, 0.2) is 0 Å². The van der Waals surface area contributed by atoms with E-state index < -0.39 is 36.0 Å². The van der Waals surface area contributed by atoms with Crippen LogP contribution in [-0.2, 0) is 25.8 Å². The Morgan fingerprint density at radius 1 is 0.815 bits per heavy atom. The fourth-order valence-electron chi connectivity index (χ4n) is 5.49. The highest BCUT2D eigenvalue weighted by Gasteiger charge is 2.22. The Bertz CT molecular complexity index is 2110. The van der Waals surface area contributed by atoms with Gasteiger partial charge >= 0.3 is 5.97 Å². The van der Waals surface area contributed by atoms with Gasteiger partial charge in [0, 0.05) is 30.0 Å². The quantitative estimate of drug-likeness (QED) is 0.0245. The Balaban J connectivity index is 1.07. The monoisotopic (exact) mass is 765 g/mol. The molecule has 4 N–H and O–H groups in total. The number of hydrogen-bond donors (Lipinski definition) is 4. The third-order valence-electron chi connectivity index (χ3n) is 8.29. The largest absolute Gasteiger partial charge is 0.467 e. The molecule has 1 atom stereocenters. The molecule has 5 aromatic rings. The van der Waals surface area contributed by atoms with Gasteiger partial charge in [-0.25, -0.2) is 9.78 Å². The number of amides is 2. The number of nitrogens with one attached hydrogen (secondary N) is 3. The Morgan fingerprint density at radius 2 is 1.44 bits per heavy atom. The van der Waals surface area contributed by atoms with Gasteiger partial charge < -0.3 is 15.4 Å². The van der Waals surface area contributed by atoms with Crippen molar-refractivity contribution in [2.45, 2.75) is 36.4 Å². The summed E-state index contributed by atoms with van der Waals surface area (Å²) in [6.07, 6.45) is 4.76. The number of ether oxygens (including phenoxy) is 1. The molecule has 2 amide bonds. The van der Waals surface area contributed by atoms with Crippen LogP contribution in [0.5, 0.6) is 0 Å². The highest BCUT2D eigenvalue weighted by atomic mass is 32.2. The van der Waals surface area contributed by atoms with Crippen molar-refractivity contribution in [2.75, 3.05) is 19.1 Å². The molecule has 1 aromatic heterocycles. The molecule has 12 nitrogen and oxygen atoms in total. The van der Waals surface area contributed by atoms with E-state index in [-0.39, 0.29) is 27.7 Å². The molecule has 0 fully saturated rings. The summed E-state index contributed by atoms with van der Waals surface area (Å²) in [5, 5.41) is 12.2. The average Bonchev–Trinajstić information content (AvgIpc) is 3.20. The first-order chi connectivity index (χ1) is 26.1. The van der Waals surface area contributed by atoms with E-state index in [9.17, 15) is 27.4 Å². The molecule has 14 heteroatoms. The van der Waals surface area contributed by atoms with E-state index in [4.69, 9.17) is 4.74 Å². The van der Waals surface area contributed by atoms with Crippen LogP contribution in [0.2, 0.25) is 0 Å². The van der Waals surface area contributed by atoms with Crippen LogP contribution in [0.25, 0.3) is 0 Å². The van der Waals surface area contributed by atoms with E-state index >= 15 is 0 Å². The maximum Gasteiger partial charge on any atom is 0.328 e. The lowest BCUT2D eigenvalue weighted by molar-refractivity contribution is -0.143. The first-order valence-corrected chi connectivity index (χ1v) is 20.0. The van der Waals surface area contributed by atoms with Gasteiger partial charge in [-0.05, 0) is 73.7 Å². The van der Waals surface area contributed by atoms with E-state index in [0.29, 0.717) is 31.4 Å². The lowest BCUT2D eigenvalue weighted by atomic mass is 10.1. The molecule has 278 valence electrons. The molecule has 0 bridgehead atoms. The van der Waals surface area contributed by atoms with Crippen LogP contribution >= 0.6 is 7.92 Å². The average molecular weight is 766 g/mol. The molecule has 0 saturated carbocycles. The third-order valence-corrected chi connectivity index (χ3v) is 11.7. The van der Waals surface area contributed by atoms with Gasteiger partial charge in [0.25, 0.3) is 21.9 Å². The summed E-state index contributed by atoms with van der Waals surface area (Å²) in [6.45, 7) is 0.387. The lowest BCUT2D eigenvalue weighted by Crippen LogP contribution is -2.41. The molecule has 1 unspecified atom stereocenters. The zero-order valence-corrected chi connectivity index (χ0v) is 31.2. The Morgan fingerprint density at radius 3 is 2.06 bits per heavy atom. The first kappa shape index (κ1) is 39.5. The van der Waals surface area contributed by atoms with Crippen molar-refractivity contribution in [3.05, 3.63) is 150 Å². The van der Waals surface area contributed by atoms with Crippen molar-refractivity contribution in [3.63, 3.8) is 0 Å². The normalized spacial score (nSPS) is 11.9. The molecule has 1 heterocycles. The SMILES string of the molecule is COC(=O)C(CCCCNC(=O)c1ccc(CP(c2ccccc2)c2ccccc2)cc1)NC(=O)c1ccc(N/N=C/c2ccccc2S(=O)(=O)O)nc1. The molecule has 4 aromatic carbocycles. The van der Waals surface area contributed by atoms with Gasteiger partial charge in [-0.2, -0.15) is 13.5 Å². The zero-order chi connectivity index (χ0) is 38.3. The summed E-state index contributed by atoms with van der Waals surface area (Å²) in [6, 6.07) is 36.5. The highest BCUT2D eigenvalue weighted by Crippen LogP contribution is 2.37. The minimum atomic E-state index is -4.43. The van der Waals surface area contributed by atoms with Crippen molar-refractivity contribution in [1.29, 1.82) is 0 Å². The third kappa shape index (κ3) is 11.4. The topological polar surface area (TPSA) is 176 Å². The van der Waals surface area contributed by atoms with Crippen molar-refractivity contribution >= 4 is 58.5 Å². The molecule has 5 rings (SSSR count). The van der Waals surface area contributed by atoms with Crippen molar-refractivity contribution < 1.29 is 32.1 Å². The van der Waals surface area contributed by atoms with Crippen LogP contribution in [0.3, 0.4) is 0 Å². The second-order valence-corrected chi connectivity index (χ2v) is 15.7. The summed E-state index contributed by atoms with van der Waals surface area (Å²) in [4.78, 5) is 42.1. The van der Waals surface area contributed by atoms with Crippen LogP contribution in [0, 0.1) is 0 Å². The minimum Gasteiger partial charge on any atom is -0.467 e. The molecule has 0 aliphatic rings. The lowest BCUT2D eigenvalue weighted by Gasteiger charge is -2.19. The van der Waals surface area contributed by atoms with Gasteiger partial charge in [0.2, 0.25) is 0 Å². The number of methoxy groups -OCH3 is 1. The number of anilines is 1. The van der Waals surface area contributed by atoms with Gasteiger partial charge in [-0.3, -0.25) is 19.6 Å². The Hall–Kier alpha value is -5.75. The van der Waals surface area contributed by atoms with Crippen molar-refractivity contribution in [3.8, 4) is 0 Å². The molecule has 0 radical (unpaired) electrons. The fourth-order valence-corrected chi connectivity index (χ4v) is 8.46. The first-order valence-electron chi connectivity index (χ1n) is 17.1. The highest BCUT2D eigenvalue weighted by molar-refractivity contribution is 7.86. The number of rotatable bonds is 17. The van der Waals surface area contributed by atoms with Crippen molar-refractivity contribution in [2.24, 2.45) is 5.10 Å². The standard InChI is InChI=1S/C40H40N5O7PS/c1-52-40(48)35(44-39(47)32-23-24-37(42-26-32)45-43-27-31-12-8-9-18-36(31)54(49,50)51)17-10-11-25-41-38(46)30-21-19-29(20-22-30)28-53(33-13-4-2-5-14-33)34-15-6-3-7-16-34/h2-9,12-16,18-24,26-27,35H,10-11,17,25,28H2,1H3,(H,41,46)(H,42,45)(H,44,47)(H,49,50,51)/b43-27+. The molecule has 0 spiro atoms. The smallest absolute Gasteiger partial charge is 0.328 e. The predicted octanol–water partition coefficient (Wildman–Crippen LogP) is 5.28. The van der Waals surface area contributed by atoms with Crippen LogP contribution in [0.15, 0.2) is 138 Å². The van der Waals surface area contributed by atoms with Crippen molar-refractivity contribution in [1.82, 2.24) is 15.6 Å². The Labute approximate surface area is 315 Å². The second kappa shape index (κ2) is 19.4. The number of benzene rings is 4.